The Kier molecular flexibility index (Phi) is 6.93. The summed E-state index contributed by atoms with van der Waals surface area (Å²) in [4.78, 5) is 0. The van der Waals surface area contributed by atoms with Crippen molar-refractivity contribution in [2.24, 2.45) is 0 Å². The van der Waals surface area contributed by atoms with Crippen LogP contribution < -0.4 is 5.32 Å². The molecule has 0 saturated carbocycles. The van der Waals surface area contributed by atoms with Gasteiger partial charge in [-0.3, -0.25) is 0 Å². The van der Waals surface area contributed by atoms with Crippen LogP contribution in [0.3, 0.4) is 0 Å². The lowest BCUT2D eigenvalue weighted by molar-refractivity contribution is 0.536. The highest BCUT2D eigenvalue weighted by Gasteiger charge is 2.06. The smallest absolute Gasteiger partial charge is 0.0287 e. The second-order valence-electron chi connectivity index (χ2n) is 2.90. The van der Waals surface area contributed by atoms with Gasteiger partial charge in [0.2, 0.25) is 0 Å². The third-order valence-electron chi connectivity index (χ3n) is 1.84. The second-order valence-corrected chi connectivity index (χ2v) is 2.90. The monoisotopic (exact) mass is 177 g/mol. The molecule has 2 unspecified atom stereocenters. The third-order valence-corrected chi connectivity index (χ3v) is 1.84. The Hall–Kier alpha value is -1.08. The van der Waals surface area contributed by atoms with Crippen LogP contribution in [-0.2, 0) is 0 Å². The zero-order valence-electron chi connectivity index (χ0n) is 8.21. The second kappa shape index (κ2) is 7.56. The van der Waals surface area contributed by atoms with Gasteiger partial charge in [0.05, 0.1) is 0 Å². The van der Waals surface area contributed by atoms with E-state index in [2.05, 4.69) is 31.6 Å². The van der Waals surface area contributed by atoms with E-state index in [1.54, 1.807) is 0 Å². The van der Waals surface area contributed by atoms with E-state index in [1.807, 2.05) is 24.3 Å². The van der Waals surface area contributed by atoms with E-state index in [0.29, 0.717) is 0 Å². The standard InChI is InChI=1S/C12H19N/c1-5-9-11(7-3)13-12(8-4)10-6-2/h5-8,11-13H,1-4,9-10H2. The molecule has 0 amide bonds. The van der Waals surface area contributed by atoms with Crippen molar-refractivity contribution in [2.45, 2.75) is 24.9 Å². The maximum Gasteiger partial charge on any atom is 0.0287 e. The van der Waals surface area contributed by atoms with Gasteiger partial charge in [0.25, 0.3) is 0 Å². The quantitative estimate of drug-likeness (QED) is 0.562. The van der Waals surface area contributed by atoms with Gasteiger partial charge in [0.1, 0.15) is 0 Å². The van der Waals surface area contributed by atoms with Crippen LogP contribution in [0.25, 0.3) is 0 Å². The fourth-order valence-electron chi connectivity index (χ4n) is 1.10. The van der Waals surface area contributed by atoms with Gasteiger partial charge in [-0.2, -0.15) is 0 Å². The van der Waals surface area contributed by atoms with E-state index in [1.165, 1.54) is 0 Å². The van der Waals surface area contributed by atoms with Crippen molar-refractivity contribution in [3.8, 4) is 0 Å². The minimum atomic E-state index is 0.278. The molecule has 0 saturated heterocycles. The zero-order chi connectivity index (χ0) is 10.1. The highest BCUT2D eigenvalue weighted by molar-refractivity contribution is 4.98. The molecule has 0 rings (SSSR count). The molecule has 1 heteroatoms. The molecular formula is C12H19N. The summed E-state index contributed by atoms with van der Waals surface area (Å²) in [6.07, 6.45) is 9.33. The van der Waals surface area contributed by atoms with Crippen molar-refractivity contribution in [1.82, 2.24) is 5.32 Å². The maximum absolute atomic E-state index is 3.76. The first-order valence-corrected chi connectivity index (χ1v) is 4.51. The number of hydrogen-bond donors (Lipinski definition) is 1. The van der Waals surface area contributed by atoms with Crippen molar-refractivity contribution >= 4 is 0 Å². The lowest BCUT2D eigenvalue weighted by atomic mass is 10.1. The van der Waals surface area contributed by atoms with Crippen LogP contribution in [0.1, 0.15) is 12.8 Å². The molecule has 1 nitrogen and oxygen atoms in total. The summed E-state index contributed by atoms with van der Waals surface area (Å²) in [6.45, 7) is 14.9. The number of nitrogens with one attached hydrogen (secondary N) is 1. The van der Waals surface area contributed by atoms with E-state index in [-0.39, 0.29) is 12.1 Å². The van der Waals surface area contributed by atoms with E-state index < -0.39 is 0 Å². The summed E-state index contributed by atoms with van der Waals surface area (Å²) in [7, 11) is 0. The Labute approximate surface area is 81.5 Å². The van der Waals surface area contributed by atoms with Crippen LogP contribution in [0.2, 0.25) is 0 Å². The van der Waals surface area contributed by atoms with Gasteiger partial charge in [0, 0.05) is 12.1 Å². The summed E-state index contributed by atoms with van der Waals surface area (Å²) >= 11 is 0. The summed E-state index contributed by atoms with van der Waals surface area (Å²) < 4.78 is 0. The molecule has 0 fully saturated rings. The molecule has 13 heavy (non-hydrogen) atoms. The number of hydrogen-bond acceptors (Lipinski definition) is 1. The summed E-state index contributed by atoms with van der Waals surface area (Å²) in [5, 5.41) is 3.38. The lowest BCUT2D eigenvalue weighted by Crippen LogP contribution is -2.35. The third kappa shape index (κ3) is 5.21. The van der Waals surface area contributed by atoms with E-state index in [0.717, 1.165) is 12.8 Å². The molecule has 0 aliphatic heterocycles. The molecule has 72 valence electrons. The summed E-state index contributed by atoms with van der Waals surface area (Å²) in [5.74, 6) is 0. The first-order chi connectivity index (χ1) is 6.28. The average Bonchev–Trinajstić information content (AvgIpc) is 2.16. The molecule has 0 bridgehead atoms. The fourth-order valence-corrected chi connectivity index (χ4v) is 1.10. The van der Waals surface area contributed by atoms with Crippen LogP contribution in [0.15, 0.2) is 50.6 Å². The summed E-state index contributed by atoms with van der Waals surface area (Å²) in [5.41, 5.74) is 0. The minimum absolute atomic E-state index is 0.278. The Balaban J connectivity index is 4.00. The zero-order valence-corrected chi connectivity index (χ0v) is 8.21. The molecule has 0 radical (unpaired) electrons. The van der Waals surface area contributed by atoms with Crippen molar-refractivity contribution in [3.63, 3.8) is 0 Å². The van der Waals surface area contributed by atoms with Gasteiger partial charge in [-0.05, 0) is 12.8 Å². The van der Waals surface area contributed by atoms with Crippen molar-refractivity contribution < 1.29 is 0 Å². The van der Waals surface area contributed by atoms with E-state index >= 15 is 0 Å². The predicted molar refractivity (Wildman–Crippen MR) is 60.7 cm³/mol. The van der Waals surface area contributed by atoms with Crippen molar-refractivity contribution in [3.05, 3.63) is 50.6 Å². The molecule has 0 spiro atoms. The van der Waals surface area contributed by atoms with Crippen LogP contribution in [0, 0.1) is 0 Å². The SMILES string of the molecule is C=CCC(C=C)NC(C=C)CC=C. The van der Waals surface area contributed by atoms with Gasteiger partial charge in [-0.15, -0.1) is 26.3 Å². The molecule has 0 aliphatic rings. The predicted octanol–water partition coefficient (Wildman–Crippen LogP) is 2.84. The molecule has 1 N–H and O–H groups in total. The molecule has 0 aromatic rings. The van der Waals surface area contributed by atoms with Crippen LogP contribution in [0.4, 0.5) is 0 Å². The molecule has 0 aromatic heterocycles. The normalized spacial score (nSPS) is 14.2. The molecular weight excluding hydrogens is 158 g/mol. The summed E-state index contributed by atoms with van der Waals surface area (Å²) in [6, 6.07) is 0.556. The van der Waals surface area contributed by atoms with Gasteiger partial charge >= 0.3 is 0 Å². The van der Waals surface area contributed by atoms with E-state index in [4.69, 9.17) is 0 Å². The minimum Gasteiger partial charge on any atom is -0.304 e. The first-order valence-electron chi connectivity index (χ1n) is 4.51. The Morgan fingerprint density at radius 3 is 1.46 bits per heavy atom. The van der Waals surface area contributed by atoms with E-state index in [9.17, 15) is 0 Å². The van der Waals surface area contributed by atoms with Gasteiger partial charge < -0.3 is 5.32 Å². The molecule has 0 heterocycles. The van der Waals surface area contributed by atoms with Crippen molar-refractivity contribution in [1.29, 1.82) is 0 Å². The number of rotatable bonds is 8. The van der Waals surface area contributed by atoms with Crippen LogP contribution in [-0.4, -0.2) is 12.1 Å². The van der Waals surface area contributed by atoms with Crippen molar-refractivity contribution in [2.75, 3.05) is 0 Å². The maximum atomic E-state index is 3.76. The largest absolute Gasteiger partial charge is 0.304 e. The molecule has 0 aromatic carbocycles. The average molecular weight is 177 g/mol. The lowest BCUT2D eigenvalue weighted by Gasteiger charge is -2.18. The van der Waals surface area contributed by atoms with Gasteiger partial charge in [0.15, 0.2) is 0 Å². The molecule has 2 atom stereocenters. The molecule has 0 aliphatic carbocycles. The first kappa shape index (κ1) is 11.9. The topological polar surface area (TPSA) is 12.0 Å². The van der Waals surface area contributed by atoms with Gasteiger partial charge in [-0.1, -0.05) is 24.3 Å². The highest BCUT2D eigenvalue weighted by Crippen LogP contribution is 2.00. The Morgan fingerprint density at radius 2 is 1.23 bits per heavy atom. The van der Waals surface area contributed by atoms with Crippen LogP contribution in [0.5, 0.6) is 0 Å². The van der Waals surface area contributed by atoms with Crippen LogP contribution >= 0.6 is 0 Å². The fraction of sp³-hybridized carbons (Fsp3) is 0.333. The Morgan fingerprint density at radius 1 is 0.846 bits per heavy atom. The van der Waals surface area contributed by atoms with Gasteiger partial charge in [-0.25, -0.2) is 0 Å². The highest BCUT2D eigenvalue weighted by atomic mass is 14.9. The Bertz CT molecular complexity index is 162.